The second kappa shape index (κ2) is 4.77. The van der Waals surface area contributed by atoms with Gasteiger partial charge < -0.3 is 4.74 Å². The minimum Gasteiger partial charge on any atom is -0.451 e. The Bertz CT molecular complexity index is 335. The molecule has 0 aliphatic carbocycles. The van der Waals surface area contributed by atoms with Crippen LogP contribution in [-0.2, 0) is 4.74 Å². The topological polar surface area (TPSA) is 29.5 Å². The zero-order chi connectivity index (χ0) is 11.4. The largest absolute Gasteiger partial charge is 0.451 e. The highest BCUT2D eigenvalue weighted by atomic mass is 19.2. The second-order valence-corrected chi connectivity index (χ2v) is 3.50. The zero-order valence-electron chi connectivity index (χ0n) is 9.03. The van der Waals surface area contributed by atoms with E-state index in [0.29, 0.717) is 5.92 Å². The Hall–Kier alpha value is -1.58. The summed E-state index contributed by atoms with van der Waals surface area (Å²) >= 11 is 0. The normalized spacial score (nSPS) is 10.2. The third kappa shape index (κ3) is 2.68. The lowest BCUT2D eigenvalue weighted by molar-refractivity contribution is 0.164. The predicted octanol–water partition coefficient (Wildman–Crippen LogP) is 3.27. The van der Waals surface area contributed by atoms with Crippen LogP contribution in [0.2, 0.25) is 0 Å². The van der Waals surface area contributed by atoms with Crippen molar-refractivity contribution in [1.82, 2.24) is 0 Å². The smallest absolute Gasteiger partial charge is 0.442 e. The van der Waals surface area contributed by atoms with Crippen molar-refractivity contribution in [3.63, 3.8) is 0 Å². The van der Waals surface area contributed by atoms with E-state index in [0.717, 1.165) is 12.7 Å². The first-order valence-corrected chi connectivity index (χ1v) is 4.70. The number of anilines is 1. The van der Waals surface area contributed by atoms with Crippen LogP contribution in [0.4, 0.5) is 15.0 Å². The van der Waals surface area contributed by atoms with Gasteiger partial charge >= 0.3 is 6.09 Å². The molecule has 0 fully saturated rings. The van der Waals surface area contributed by atoms with Gasteiger partial charge in [-0.1, -0.05) is 30.5 Å². The summed E-state index contributed by atoms with van der Waals surface area (Å²) in [5.41, 5.74) is 1.27. The van der Waals surface area contributed by atoms with Gasteiger partial charge in [-0.15, -0.1) is 5.12 Å². The molecule has 1 amide bonds. The summed E-state index contributed by atoms with van der Waals surface area (Å²) in [6, 6.07) is 6.67. The van der Waals surface area contributed by atoms with Crippen molar-refractivity contribution in [2.24, 2.45) is 0 Å². The molecular formula is C11H14FNO2. The molecule has 0 atom stereocenters. The van der Waals surface area contributed by atoms with Crippen LogP contribution < -0.4 is 5.12 Å². The van der Waals surface area contributed by atoms with Crippen molar-refractivity contribution in [1.29, 1.82) is 0 Å². The fraction of sp³-hybridized carbons (Fsp3) is 0.364. The van der Waals surface area contributed by atoms with Crippen LogP contribution in [-0.4, -0.2) is 13.2 Å². The van der Waals surface area contributed by atoms with Crippen molar-refractivity contribution in [3.8, 4) is 0 Å². The van der Waals surface area contributed by atoms with Crippen LogP contribution in [0.3, 0.4) is 0 Å². The van der Waals surface area contributed by atoms with Gasteiger partial charge in [-0.25, -0.2) is 4.79 Å². The molecule has 82 valence electrons. The van der Waals surface area contributed by atoms with E-state index in [4.69, 9.17) is 0 Å². The van der Waals surface area contributed by atoms with Crippen LogP contribution in [0.1, 0.15) is 25.3 Å². The molecule has 0 aliphatic heterocycles. The van der Waals surface area contributed by atoms with E-state index in [2.05, 4.69) is 4.74 Å². The van der Waals surface area contributed by atoms with E-state index >= 15 is 0 Å². The maximum Gasteiger partial charge on any atom is 0.442 e. The van der Waals surface area contributed by atoms with Crippen LogP contribution >= 0.6 is 0 Å². The molecule has 1 aromatic carbocycles. The van der Waals surface area contributed by atoms with Gasteiger partial charge in [0.2, 0.25) is 0 Å². The second-order valence-electron chi connectivity index (χ2n) is 3.50. The average molecular weight is 211 g/mol. The fourth-order valence-electron chi connectivity index (χ4n) is 1.18. The van der Waals surface area contributed by atoms with Gasteiger partial charge in [-0.3, -0.25) is 0 Å². The van der Waals surface area contributed by atoms with Gasteiger partial charge in [0.25, 0.3) is 0 Å². The lowest BCUT2D eigenvalue weighted by Crippen LogP contribution is -2.21. The Morgan fingerprint density at radius 1 is 1.33 bits per heavy atom. The van der Waals surface area contributed by atoms with Crippen molar-refractivity contribution in [3.05, 3.63) is 29.8 Å². The number of benzene rings is 1. The van der Waals surface area contributed by atoms with Crippen LogP contribution in [0.15, 0.2) is 24.3 Å². The van der Waals surface area contributed by atoms with Crippen molar-refractivity contribution >= 4 is 11.8 Å². The van der Waals surface area contributed by atoms with E-state index in [9.17, 15) is 9.28 Å². The average Bonchev–Trinajstić information content (AvgIpc) is 2.27. The highest BCUT2D eigenvalue weighted by Gasteiger charge is 2.15. The number of ether oxygens (including phenoxy) is 1. The molecule has 1 rings (SSSR count). The summed E-state index contributed by atoms with van der Waals surface area (Å²) in [5.74, 6) is 0.380. The number of hydrogen-bond acceptors (Lipinski definition) is 2. The van der Waals surface area contributed by atoms with Gasteiger partial charge in [-0.2, -0.15) is 0 Å². The minimum absolute atomic E-state index is 0.0237. The van der Waals surface area contributed by atoms with E-state index < -0.39 is 6.09 Å². The molecule has 0 saturated carbocycles. The third-order valence-electron chi connectivity index (χ3n) is 2.12. The molecule has 3 nitrogen and oxygen atoms in total. The highest BCUT2D eigenvalue weighted by molar-refractivity contribution is 5.84. The van der Waals surface area contributed by atoms with Crippen LogP contribution in [0.5, 0.6) is 0 Å². The molecule has 1 aromatic rings. The number of amides is 1. The summed E-state index contributed by atoms with van der Waals surface area (Å²) in [6.07, 6.45) is -1.02. The lowest BCUT2D eigenvalue weighted by Gasteiger charge is -2.11. The molecule has 0 unspecified atom stereocenters. The van der Waals surface area contributed by atoms with E-state index in [1.165, 1.54) is 0 Å². The molecule has 0 heterocycles. The SMILES string of the molecule is COC(=O)N(F)c1ccc(C(C)C)cc1. The minimum atomic E-state index is -1.02. The molecule has 0 radical (unpaired) electrons. The Morgan fingerprint density at radius 3 is 2.27 bits per heavy atom. The van der Waals surface area contributed by atoms with E-state index in [1.54, 1.807) is 24.3 Å². The summed E-state index contributed by atoms with van der Waals surface area (Å²) < 4.78 is 17.5. The monoisotopic (exact) mass is 211 g/mol. The molecule has 0 aliphatic rings. The number of nitrogens with zero attached hydrogens (tertiary/aromatic N) is 1. The maximum absolute atomic E-state index is 13.2. The zero-order valence-corrected chi connectivity index (χ0v) is 9.03. The number of halogens is 1. The summed E-state index contributed by atoms with van der Waals surface area (Å²) in [4.78, 5) is 10.9. The predicted molar refractivity (Wildman–Crippen MR) is 56.5 cm³/mol. The van der Waals surface area contributed by atoms with Gasteiger partial charge in [0, 0.05) is 0 Å². The van der Waals surface area contributed by atoms with E-state index in [-0.39, 0.29) is 10.8 Å². The number of carbonyl (C=O) groups excluding carboxylic acids is 1. The molecule has 0 spiro atoms. The molecule has 0 N–H and O–H groups in total. The quantitative estimate of drug-likeness (QED) is 0.702. The van der Waals surface area contributed by atoms with Gasteiger partial charge in [0.1, 0.15) is 0 Å². The van der Waals surface area contributed by atoms with Gasteiger partial charge in [-0.05, 0) is 23.6 Å². The number of carbonyl (C=O) groups is 1. The van der Waals surface area contributed by atoms with Gasteiger partial charge in [0.05, 0.1) is 12.8 Å². The van der Waals surface area contributed by atoms with Crippen LogP contribution in [0, 0.1) is 0 Å². The Balaban J connectivity index is 2.84. The lowest BCUT2D eigenvalue weighted by atomic mass is 10.0. The van der Waals surface area contributed by atoms with Crippen molar-refractivity contribution in [2.75, 3.05) is 12.2 Å². The van der Waals surface area contributed by atoms with Crippen molar-refractivity contribution in [2.45, 2.75) is 19.8 Å². The Kier molecular flexibility index (Phi) is 3.66. The molecular weight excluding hydrogens is 197 g/mol. The molecule has 0 bridgehead atoms. The number of rotatable bonds is 2. The van der Waals surface area contributed by atoms with E-state index in [1.807, 2.05) is 13.8 Å². The third-order valence-corrected chi connectivity index (χ3v) is 2.12. The first-order chi connectivity index (χ1) is 7.06. The summed E-state index contributed by atoms with van der Waals surface area (Å²) in [7, 11) is 1.14. The Morgan fingerprint density at radius 2 is 1.87 bits per heavy atom. The molecule has 0 saturated heterocycles. The summed E-state index contributed by atoms with van der Waals surface area (Å²) in [6.45, 7) is 4.09. The highest BCUT2D eigenvalue weighted by Crippen LogP contribution is 2.20. The molecule has 4 heteroatoms. The maximum atomic E-state index is 13.2. The molecule has 15 heavy (non-hydrogen) atoms. The number of methoxy groups -OCH3 is 1. The first kappa shape index (κ1) is 11.5. The van der Waals surface area contributed by atoms with Gasteiger partial charge in [0.15, 0.2) is 0 Å². The Labute approximate surface area is 88.4 Å². The fourth-order valence-corrected chi connectivity index (χ4v) is 1.18. The molecule has 0 aromatic heterocycles. The summed E-state index contributed by atoms with van der Waals surface area (Å²) in [5, 5.41) is -0.0237. The van der Waals surface area contributed by atoms with Crippen molar-refractivity contribution < 1.29 is 14.0 Å². The number of hydrogen-bond donors (Lipinski definition) is 0. The van der Waals surface area contributed by atoms with Crippen LogP contribution in [0.25, 0.3) is 0 Å². The standard InChI is InChI=1S/C11H14FNO2/c1-8(2)9-4-6-10(7-5-9)13(12)11(14)15-3/h4-8H,1-3H3. The first-order valence-electron chi connectivity index (χ1n) is 4.70.